The molecule has 0 bridgehead atoms. The van der Waals surface area contributed by atoms with Gasteiger partial charge in [-0.2, -0.15) is 0 Å². The predicted molar refractivity (Wildman–Crippen MR) is 77.9 cm³/mol. The zero-order valence-corrected chi connectivity index (χ0v) is 12.2. The highest BCUT2D eigenvalue weighted by atomic mass is 32.1. The van der Waals surface area contributed by atoms with E-state index in [1.54, 1.807) is 28.3 Å². The number of aryl methyl sites for hydroxylation is 1. The molecule has 0 aromatic carbocycles. The van der Waals surface area contributed by atoms with E-state index in [1.165, 1.54) is 0 Å². The van der Waals surface area contributed by atoms with Gasteiger partial charge < -0.3 is 9.88 Å². The zero-order chi connectivity index (χ0) is 13.8. The van der Waals surface area contributed by atoms with Crippen molar-refractivity contribution in [2.24, 2.45) is 0 Å². The lowest BCUT2D eigenvalue weighted by molar-refractivity contribution is 0.575. The first-order chi connectivity index (χ1) is 9.08. The van der Waals surface area contributed by atoms with Crippen molar-refractivity contribution in [3.63, 3.8) is 0 Å². The first-order valence-electron chi connectivity index (χ1n) is 6.30. The molecular formula is C13H18N4OS. The SMILES string of the molecule is Cc1nc(CCNc2nccn(C(C)C)c2=O)cs1. The first kappa shape index (κ1) is 13.7. The number of aromatic nitrogens is 3. The Bertz CT molecular complexity index is 603. The Morgan fingerprint density at radius 3 is 2.89 bits per heavy atom. The minimum Gasteiger partial charge on any atom is -0.365 e. The summed E-state index contributed by atoms with van der Waals surface area (Å²) in [5, 5.41) is 6.19. The maximum Gasteiger partial charge on any atom is 0.293 e. The van der Waals surface area contributed by atoms with Crippen molar-refractivity contribution in [2.45, 2.75) is 33.2 Å². The van der Waals surface area contributed by atoms with E-state index in [0.717, 1.165) is 17.1 Å². The second kappa shape index (κ2) is 5.97. The molecule has 6 heteroatoms. The highest BCUT2D eigenvalue weighted by Crippen LogP contribution is 2.08. The number of hydrogen-bond donors (Lipinski definition) is 1. The summed E-state index contributed by atoms with van der Waals surface area (Å²) in [6.07, 6.45) is 4.15. The van der Waals surface area contributed by atoms with Crippen molar-refractivity contribution in [1.82, 2.24) is 14.5 Å². The highest BCUT2D eigenvalue weighted by Gasteiger charge is 2.06. The van der Waals surface area contributed by atoms with Gasteiger partial charge in [-0.3, -0.25) is 4.79 Å². The monoisotopic (exact) mass is 278 g/mol. The lowest BCUT2D eigenvalue weighted by Crippen LogP contribution is -2.26. The number of rotatable bonds is 5. The molecule has 0 spiro atoms. The maximum absolute atomic E-state index is 12.1. The Hall–Kier alpha value is -1.69. The van der Waals surface area contributed by atoms with Gasteiger partial charge in [-0.05, 0) is 20.8 Å². The molecule has 0 amide bonds. The van der Waals surface area contributed by atoms with Gasteiger partial charge in [0.1, 0.15) is 0 Å². The summed E-state index contributed by atoms with van der Waals surface area (Å²) in [6.45, 7) is 6.60. The van der Waals surface area contributed by atoms with Crippen LogP contribution in [-0.2, 0) is 6.42 Å². The Morgan fingerprint density at radius 2 is 2.26 bits per heavy atom. The molecule has 2 heterocycles. The minimum absolute atomic E-state index is 0.0769. The highest BCUT2D eigenvalue weighted by molar-refractivity contribution is 7.09. The largest absolute Gasteiger partial charge is 0.365 e. The van der Waals surface area contributed by atoms with Gasteiger partial charge in [-0.15, -0.1) is 11.3 Å². The van der Waals surface area contributed by atoms with Crippen LogP contribution in [0.4, 0.5) is 5.82 Å². The summed E-state index contributed by atoms with van der Waals surface area (Å²) in [4.78, 5) is 20.6. The smallest absolute Gasteiger partial charge is 0.293 e. The molecule has 1 N–H and O–H groups in total. The molecule has 2 aromatic rings. The van der Waals surface area contributed by atoms with Crippen LogP contribution in [0.2, 0.25) is 0 Å². The molecule has 0 unspecified atom stereocenters. The lowest BCUT2D eigenvalue weighted by atomic mass is 10.3. The molecule has 0 saturated carbocycles. The number of hydrogen-bond acceptors (Lipinski definition) is 5. The lowest BCUT2D eigenvalue weighted by Gasteiger charge is -2.11. The average Bonchev–Trinajstić information content (AvgIpc) is 2.77. The predicted octanol–water partition coefficient (Wildman–Crippen LogP) is 2.24. The summed E-state index contributed by atoms with van der Waals surface area (Å²) in [5.41, 5.74) is 0.974. The van der Waals surface area contributed by atoms with Gasteiger partial charge in [0.15, 0.2) is 5.82 Å². The fourth-order valence-corrected chi connectivity index (χ4v) is 2.43. The Balaban J connectivity index is 2.00. The normalized spacial score (nSPS) is 10.9. The molecule has 2 rings (SSSR count). The number of anilines is 1. The molecule has 0 aliphatic rings. The van der Waals surface area contributed by atoms with E-state index in [9.17, 15) is 4.79 Å². The summed E-state index contributed by atoms with van der Waals surface area (Å²) < 4.78 is 1.67. The van der Waals surface area contributed by atoms with Gasteiger partial charge in [0.2, 0.25) is 0 Å². The van der Waals surface area contributed by atoms with Crippen LogP contribution in [0.1, 0.15) is 30.6 Å². The summed E-state index contributed by atoms with van der Waals surface area (Å²) in [7, 11) is 0. The van der Waals surface area contributed by atoms with Gasteiger partial charge in [-0.1, -0.05) is 0 Å². The van der Waals surface area contributed by atoms with Gasteiger partial charge >= 0.3 is 0 Å². The summed E-state index contributed by atoms with van der Waals surface area (Å²) in [6, 6.07) is 0.136. The second-order valence-corrected chi connectivity index (χ2v) is 5.68. The first-order valence-corrected chi connectivity index (χ1v) is 7.18. The number of nitrogens with one attached hydrogen (secondary N) is 1. The van der Waals surface area contributed by atoms with Crippen molar-refractivity contribution in [1.29, 1.82) is 0 Å². The Morgan fingerprint density at radius 1 is 1.47 bits per heavy atom. The van der Waals surface area contributed by atoms with Crippen LogP contribution in [0.25, 0.3) is 0 Å². The standard InChI is InChI=1S/C13H18N4OS/c1-9(2)17-7-6-15-12(13(17)18)14-5-4-11-8-19-10(3)16-11/h6-9H,4-5H2,1-3H3,(H,14,15). The third-order valence-corrected chi connectivity index (χ3v) is 3.59. The van der Waals surface area contributed by atoms with E-state index in [-0.39, 0.29) is 11.6 Å². The Kier molecular flexibility index (Phi) is 4.31. The molecule has 0 radical (unpaired) electrons. The minimum atomic E-state index is -0.0769. The van der Waals surface area contributed by atoms with Crippen LogP contribution in [0.15, 0.2) is 22.6 Å². The topological polar surface area (TPSA) is 59.8 Å². The van der Waals surface area contributed by atoms with Crippen molar-refractivity contribution in [2.75, 3.05) is 11.9 Å². The van der Waals surface area contributed by atoms with Crippen molar-refractivity contribution >= 4 is 17.2 Å². The quantitative estimate of drug-likeness (QED) is 0.911. The van der Waals surface area contributed by atoms with E-state index < -0.39 is 0 Å². The van der Waals surface area contributed by atoms with Crippen LogP contribution in [0.5, 0.6) is 0 Å². The maximum atomic E-state index is 12.1. The van der Waals surface area contributed by atoms with Gasteiger partial charge in [0.25, 0.3) is 5.56 Å². The molecule has 0 saturated heterocycles. The molecule has 2 aromatic heterocycles. The van der Waals surface area contributed by atoms with Crippen LogP contribution in [-0.4, -0.2) is 21.1 Å². The fourth-order valence-electron chi connectivity index (χ4n) is 1.78. The molecule has 19 heavy (non-hydrogen) atoms. The molecule has 102 valence electrons. The van der Waals surface area contributed by atoms with E-state index in [1.807, 2.05) is 26.2 Å². The van der Waals surface area contributed by atoms with Crippen molar-refractivity contribution in [3.8, 4) is 0 Å². The van der Waals surface area contributed by atoms with Gasteiger partial charge in [-0.25, -0.2) is 9.97 Å². The third-order valence-electron chi connectivity index (χ3n) is 2.76. The van der Waals surface area contributed by atoms with E-state index >= 15 is 0 Å². The average molecular weight is 278 g/mol. The summed E-state index contributed by atoms with van der Waals surface area (Å²) in [5.74, 6) is 0.406. The molecule has 5 nitrogen and oxygen atoms in total. The molecule has 0 atom stereocenters. The Labute approximate surface area is 116 Å². The van der Waals surface area contributed by atoms with E-state index in [0.29, 0.717) is 12.4 Å². The van der Waals surface area contributed by atoms with Crippen molar-refractivity contribution in [3.05, 3.63) is 38.8 Å². The van der Waals surface area contributed by atoms with E-state index in [2.05, 4.69) is 15.3 Å². The molecule has 0 aliphatic carbocycles. The van der Waals surface area contributed by atoms with Crippen LogP contribution in [0.3, 0.4) is 0 Å². The van der Waals surface area contributed by atoms with Crippen LogP contribution < -0.4 is 10.9 Å². The number of thiazole rings is 1. The molecular weight excluding hydrogens is 260 g/mol. The van der Waals surface area contributed by atoms with Gasteiger partial charge in [0.05, 0.1) is 10.7 Å². The van der Waals surface area contributed by atoms with Crippen LogP contribution >= 0.6 is 11.3 Å². The second-order valence-electron chi connectivity index (χ2n) is 4.62. The fraction of sp³-hybridized carbons (Fsp3) is 0.462. The third kappa shape index (κ3) is 3.41. The zero-order valence-electron chi connectivity index (χ0n) is 11.4. The molecule has 0 fully saturated rings. The summed E-state index contributed by atoms with van der Waals surface area (Å²) >= 11 is 1.64. The van der Waals surface area contributed by atoms with E-state index in [4.69, 9.17) is 0 Å². The molecule has 0 aliphatic heterocycles. The van der Waals surface area contributed by atoms with Crippen LogP contribution in [0, 0.1) is 6.92 Å². The van der Waals surface area contributed by atoms with Gasteiger partial charge in [0, 0.05) is 36.8 Å². The number of nitrogens with zero attached hydrogens (tertiary/aromatic N) is 3. The van der Waals surface area contributed by atoms with Crippen molar-refractivity contribution < 1.29 is 0 Å².